The Balaban J connectivity index is 1.85. The fourth-order valence-electron chi connectivity index (χ4n) is 1.59. The first kappa shape index (κ1) is 14.9. The Morgan fingerprint density at radius 3 is 2.86 bits per heavy atom. The second-order valence-corrected chi connectivity index (χ2v) is 4.25. The van der Waals surface area contributed by atoms with E-state index in [0.29, 0.717) is 25.5 Å². The van der Waals surface area contributed by atoms with Crippen LogP contribution in [-0.4, -0.2) is 41.1 Å². The molecule has 2 rings (SSSR count). The molecule has 0 aromatic carbocycles. The summed E-state index contributed by atoms with van der Waals surface area (Å²) in [6.45, 7) is 1.50. The highest BCUT2D eigenvalue weighted by atomic mass is 16.5. The number of amides is 1. The van der Waals surface area contributed by atoms with Gasteiger partial charge in [-0.05, 0) is 11.6 Å². The summed E-state index contributed by atoms with van der Waals surface area (Å²) < 4.78 is 4.86. The van der Waals surface area contributed by atoms with Gasteiger partial charge in [-0.15, -0.1) is 0 Å². The minimum Gasteiger partial charge on any atom is -0.383 e. The Morgan fingerprint density at radius 2 is 2.19 bits per heavy atom. The van der Waals surface area contributed by atoms with E-state index < -0.39 is 0 Å². The van der Waals surface area contributed by atoms with Crippen molar-refractivity contribution < 1.29 is 9.53 Å². The largest absolute Gasteiger partial charge is 0.383 e. The van der Waals surface area contributed by atoms with Crippen molar-refractivity contribution in [1.29, 1.82) is 0 Å². The van der Waals surface area contributed by atoms with Crippen molar-refractivity contribution >= 4 is 11.7 Å². The van der Waals surface area contributed by atoms with Gasteiger partial charge in [0, 0.05) is 32.6 Å². The highest BCUT2D eigenvalue weighted by Gasteiger charge is 2.07. The number of nitrogens with one attached hydrogen (secondary N) is 2. The van der Waals surface area contributed by atoms with Crippen molar-refractivity contribution in [2.75, 3.05) is 25.6 Å². The lowest BCUT2D eigenvalue weighted by molar-refractivity contribution is 0.0932. The van der Waals surface area contributed by atoms with Gasteiger partial charge < -0.3 is 15.4 Å². The number of pyridine rings is 1. The molecule has 0 fully saturated rings. The number of rotatable bonds is 7. The van der Waals surface area contributed by atoms with Gasteiger partial charge >= 0.3 is 0 Å². The lowest BCUT2D eigenvalue weighted by atomic mass is 10.3. The first-order valence-corrected chi connectivity index (χ1v) is 6.51. The molecule has 2 aromatic heterocycles. The predicted molar refractivity (Wildman–Crippen MR) is 77.8 cm³/mol. The van der Waals surface area contributed by atoms with Crippen LogP contribution in [-0.2, 0) is 11.3 Å². The molecule has 0 aliphatic carbocycles. The Labute approximate surface area is 122 Å². The number of carbonyl (C=O) groups is 1. The second-order valence-electron chi connectivity index (χ2n) is 4.25. The second kappa shape index (κ2) is 7.91. The van der Waals surface area contributed by atoms with E-state index in [2.05, 4.69) is 25.6 Å². The number of ether oxygens (including phenoxy) is 1. The van der Waals surface area contributed by atoms with Gasteiger partial charge in [0.15, 0.2) is 0 Å². The van der Waals surface area contributed by atoms with Crippen LogP contribution >= 0.6 is 0 Å². The van der Waals surface area contributed by atoms with Crippen molar-refractivity contribution in [1.82, 2.24) is 20.3 Å². The molecule has 0 saturated carbocycles. The third-order valence-electron chi connectivity index (χ3n) is 2.67. The molecule has 110 valence electrons. The van der Waals surface area contributed by atoms with Crippen molar-refractivity contribution in [3.63, 3.8) is 0 Å². The summed E-state index contributed by atoms with van der Waals surface area (Å²) in [6, 6.07) is 3.83. The van der Waals surface area contributed by atoms with Crippen LogP contribution in [0.3, 0.4) is 0 Å². The quantitative estimate of drug-likeness (QED) is 0.734. The van der Waals surface area contributed by atoms with Crippen LogP contribution in [0, 0.1) is 0 Å². The summed E-state index contributed by atoms with van der Waals surface area (Å²) in [5, 5.41) is 5.80. The SMILES string of the molecule is COCCNC(=O)c1cnc(NCc2cccnc2)cn1. The van der Waals surface area contributed by atoms with Crippen LogP contribution in [0.2, 0.25) is 0 Å². The summed E-state index contributed by atoms with van der Waals surface area (Å²) in [7, 11) is 1.58. The lowest BCUT2D eigenvalue weighted by Crippen LogP contribution is -2.27. The maximum absolute atomic E-state index is 11.7. The van der Waals surface area contributed by atoms with E-state index in [1.165, 1.54) is 12.4 Å². The monoisotopic (exact) mass is 287 g/mol. The summed E-state index contributed by atoms with van der Waals surface area (Å²) in [5.41, 5.74) is 1.32. The van der Waals surface area contributed by atoms with Crippen LogP contribution in [0.1, 0.15) is 16.1 Å². The van der Waals surface area contributed by atoms with Gasteiger partial charge in [0.1, 0.15) is 11.5 Å². The molecule has 1 amide bonds. The highest BCUT2D eigenvalue weighted by Crippen LogP contribution is 2.04. The van der Waals surface area contributed by atoms with Gasteiger partial charge in [-0.2, -0.15) is 0 Å². The standard InChI is InChI=1S/C14H17N5O2/c1-21-6-5-16-14(20)12-9-19-13(10-17-12)18-8-11-3-2-4-15-7-11/h2-4,7,9-10H,5-6,8H2,1H3,(H,16,20)(H,18,19). The van der Waals surface area contributed by atoms with Gasteiger partial charge in [-0.25, -0.2) is 9.97 Å². The molecule has 0 aliphatic rings. The number of carbonyl (C=O) groups excluding carboxylic acids is 1. The van der Waals surface area contributed by atoms with Gasteiger partial charge in [0.25, 0.3) is 5.91 Å². The van der Waals surface area contributed by atoms with E-state index in [4.69, 9.17) is 4.74 Å². The average Bonchev–Trinajstić information content (AvgIpc) is 2.54. The molecule has 2 N–H and O–H groups in total. The molecule has 0 aliphatic heterocycles. The molecule has 0 saturated heterocycles. The van der Waals surface area contributed by atoms with E-state index >= 15 is 0 Å². The molecule has 0 atom stereocenters. The molecule has 0 unspecified atom stereocenters. The van der Waals surface area contributed by atoms with Crippen LogP contribution in [0.25, 0.3) is 0 Å². The average molecular weight is 287 g/mol. The molecule has 2 aromatic rings. The van der Waals surface area contributed by atoms with Crippen molar-refractivity contribution in [3.8, 4) is 0 Å². The van der Waals surface area contributed by atoms with Crippen molar-refractivity contribution in [2.45, 2.75) is 6.54 Å². The lowest BCUT2D eigenvalue weighted by Gasteiger charge is -2.06. The fourth-order valence-corrected chi connectivity index (χ4v) is 1.59. The van der Waals surface area contributed by atoms with Crippen LogP contribution in [0.4, 0.5) is 5.82 Å². The first-order chi connectivity index (χ1) is 10.3. The molecule has 0 radical (unpaired) electrons. The molecule has 7 heteroatoms. The molecular formula is C14H17N5O2. The first-order valence-electron chi connectivity index (χ1n) is 6.51. The molecule has 0 spiro atoms. The van der Waals surface area contributed by atoms with Gasteiger partial charge in [-0.3, -0.25) is 9.78 Å². The molecule has 21 heavy (non-hydrogen) atoms. The Bertz CT molecular complexity index is 559. The number of aromatic nitrogens is 3. The minimum absolute atomic E-state index is 0.265. The van der Waals surface area contributed by atoms with Gasteiger partial charge in [0.2, 0.25) is 0 Å². The zero-order valence-electron chi connectivity index (χ0n) is 11.7. The van der Waals surface area contributed by atoms with E-state index in [1.807, 2.05) is 12.1 Å². The van der Waals surface area contributed by atoms with Gasteiger partial charge in [-0.1, -0.05) is 6.07 Å². The predicted octanol–water partition coefficient (Wildman–Crippen LogP) is 0.860. The number of anilines is 1. The van der Waals surface area contributed by atoms with Crippen molar-refractivity contribution in [2.24, 2.45) is 0 Å². The fraction of sp³-hybridized carbons (Fsp3) is 0.286. The Kier molecular flexibility index (Phi) is 5.60. The number of nitrogens with zero attached hydrogens (tertiary/aromatic N) is 3. The number of hydrogen-bond donors (Lipinski definition) is 2. The molecule has 0 bridgehead atoms. The van der Waals surface area contributed by atoms with E-state index in [0.717, 1.165) is 5.56 Å². The number of hydrogen-bond acceptors (Lipinski definition) is 6. The summed E-state index contributed by atoms with van der Waals surface area (Å²) in [5.74, 6) is 0.339. The van der Waals surface area contributed by atoms with Crippen LogP contribution in [0.15, 0.2) is 36.9 Å². The maximum atomic E-state index is 11.7. The third-order valence-corrected chi connectivity index (χ3v) is 2.67. The number of methoxy groups -OCH3 is 1. The van der Waals surface area contributed by atoms with Crippen LogP contribution < -0.4 is 10.6 Å². The zero-order chi connectivity index (χ0) is 14.9. The molecule has 2 heterocycles. The Morgan fingerprint density at radius 1 is 1.29 bits per heavy atom. The minimum atomic E-state index is -0.265. The molecular weight excluding hydrogens is 270 g/mol. The van der Waals surface area contributed by atoms with E-state index in [1.54, 1.807) is 19.5 Å². The normalized spacial score (nSPS) is 10.1. The third kappa shape index (κ3) is 4.81. The highest BCUT2D eigenvalue weighted by molar-refractivity contribution is 5.91. The molecule has 7 nitrogen and oxygen atoms in total. The Hall–Kier alpha value is -2.54. The summed E-state index contributed by atoms with van der Waals surface area (Å²) in [6.07, 6.45) is 6.47. The topological polar surface area (TPSA) is 89.0 Å². The van der Waals surface area contributed by atoms with Crippen LogP contribution in [0.5, 0.6) is 0 Å². The van der Waals surface area contributed by atoms with Crippen molar-refractivity contribution in [3.05, 3.63) is 48.2 Å². The summed E-state index contributed by atoms with van der Waals surface area (Å²) in [4.78, 5) is 24.0. The van der Waals surface area contributed by atoms with E-state index in [-0.39, 0.29) is 11.6 Å². The van der Waals surface area contributed by atoms with E-state index in [9.17, 15) is 4.79 Å². The zero-order valence-corrected chi connectivity index (χ0v) is 11.7. The maximum Gasteiger partial charge on any atom is 0.271 e. The smallest absolute Gasteiger partial charge is 0.271 e. The summed E-state index contributed by atoms with van der Waals surface area (Å²) >= 11 is 0. The van der Waals surface area contributed by atoms with Gasteiger partial charge in [0.05, 0.1) is 19.0 Å².